The molecule has 126 valence electrons. The van der Waals surface area contributed by atoms with Crippen molar-refractivity contribution in [1.82, 2.24) is 15.2 Å². The van der Waals surface area contributed by atoms with Crippen LogP contribution < -0.4 is 5.32 Å². The summed E-state index contributed by atoms with van der Waals surface area (Å²) in [4.78, 5) is 4.34. The summed E-state index contributed by atoms with van der Waals surface area (Å²) in [7, 11) is 0. The molecule has 0 saturated heterocycles. The van der Waals surface area contributed by atoms with E-state index >= 15 is 0 Å². The molecule has 0 aliphatic rings. The van der Waals surface area contributed by atoms with E-state index in [4.69, 9.17) is 0 Å². The molecule has 0 spiro atoms. The van der Waals surface area contributed by atoms with Crippen molar-refractivity contribution in [3.8, 4) is 11.3 Å². The molecule has 0 radical (unpaired) electrons. The lowest BCUT2D eigenvalue weighted by atomic mass is 9.88. The summed E-state index contributed by atoms with van der Waals surface area (Å²) in [6, 6.07) is 5.73. The molecule has 0 aliphatic heterocycles. The van der Waals surface area contributed by atoms with Gasteiger partial charge in [-0.2, -0.15) is 5.10 Å². The Labute approximate surface area is 141 Å². The van der Waals surface area contributed by atoms with Crippen LogP contribution in [-0.4, -0.2) is 31.9 Å². The number of nitrogens with one attached hydrogen (secondary N) is 1. The number of anilines is 1. The third kappa shape index (κ3) is 4.23. The van der Waals surface area contributed by atoms with Crippen molar-refractivity contribution in [3.63, 3.8) is 0 Å². The quantitative estimate of drug-likeness (QED) is 0.727. The highest BCUT2D eigenvalue weighted by Gasteiger charge is 2.31. The van der Waals surface area contributed by atoms with E-state index in [1.54, 1.807) is 24.3 Å². The zero-order valence-electron chi connectivity index (χ0n) is 13.6. The molecule has 0 amide bonds. The van der Waals surface area contributed by atoms with E-state index < -0.39 is 5.60 Å². The number of hydrogen-bond acceptors (Lipinski definition) is 5. The van der Waals surface area contributed by atoms with Crippen LogP contribution in [0.5, 0.6) is 0 Å². The standard InChI is InChI=1S/C18H21FN4O/c1-4-9-18(24,10-5-2)13(3)21-17-22-16(12-20-23-17)14-7-6-8-15(19)11-14/h4-8,11-13,24H,1-2,9-10H2,3H3,(H,21,22,23). The lowest BCUT2D eigenvalue weighted by molar-refractivity contribution is 0.0314. The summed E-state index contributed by atoms with van der Waals surface area (Å²) >= 11 is 0. The molecular formula is C18H21FN4O. The maximum absolute atomic E-state index is 13.4. The van der Waals surface area contributed by atoms with E-state index in [2.05, 4.69) is 33.7 Å². The lowest BCUT2D eigenvalue weighted by Crippen LogP contribution is -2.44. The Balaban J connectivity index is 2.22. The molecule has 1 heterocycles. The Kier molecular flexibility index (Phi) is 5.76. The second-order valence-corrected chi connectivity index (χ2v) is 5.63. The number of benzene rings is 1. The molecule has 2 rings (SSSR count). The van der Waals surface area contributed by atoms with Gasteiger partial charge in [0.05, 0.1) is 23.5 Å². The monoisotopic (exact) mass is 328 g/mol. The van der Waals surface area contributed by atoms with E-state index in [0.717, 1.165) is 0 Å². The van der Waals surface area contributed by atoms with Crippen molar-refractivity contribution in [2.24, 2.45) is 0 Å². The number of hydrogen-bond donors (Lipinski definition) is 2. The Morgan fingerprint density at radius 1 is 1.33 bits per heavy atom. The molecule has 1 unspecified atom stereocenters. The van der Waals surface area contributed by atoms with Crippen molar-refractivity contribution >= 4 is 5.95 Å². The molecule has 0 fully saturated rings. The molecule has 0 bridgehead atoms. The lowest BCUT2D eigenvalue weighted by Gasteiger charge is -2.33. The van der Waals surface area contributed by atoms with Gasteiger partial charge in [0, 0.05) is 5.56 Å². The molecule has 6 heteroatoms. The zero-order valence-corrected chi connectivity index (χ0v) is 13.6. The molecule has 1 aromatic heterocycles. The number of aliphatic hydroxyl groups is 1. The van der Waals surface area contributed by atoms with E-state index in [-0.39, 0.29) is 17.8 Å². The van der Waals surface area contributed by atoms with Crippen LogP contribution in [0.4, 0.5) is 10.3 Å². The van der Waals surface area contributed by atoms with E-state index in [9.17, 15) is 9.50 Å². The predicted octanol–water partition coefficient (Wildman–Crippen LogP) is 3.36. The van der Waals surface area contributed by atoms with Gasteiger partial charge in [-0.15, -0.1) is 18.3 Å². The average Bonchev–Trinajstić information content (AvgIpc) is 2.55. The minimum absolute atomic E-state index is 0.260. The zero-order chi connectivity index (χ0) is 17.6. The predicted molar refractivity (Wildman–Crippen MR) is 92.9 cm³/mol. The van der Waals surface area contributed by atoms with Crippen molar-refractivity contribution in [3.05, 3.63) is 61.6 Å². The number of nitrogens with zero attached hydrogens (tertiary/aromatic N) is 3. The number of rotatable bonds is 8. The number of aromatic nitrogens is 3. The molecule has 1 atom stereocenters. The minimum Gasteiger partial charge on any atom is -0.387 e. The third-order valence-corrected chi connectivity index (χ3v) is 3.83. The first-order valence-electron chi connectivity index (χ1n) is 7.65. The van der Waals surface area contributed by atoms with Gasteiger partial charge in [-0.3, -0.25) is 0 Å². The average molecular weight is 328 g/mol. The molecule has 2 aromatic rings. The first-order chi connectivity index (χ1) is 11.5. The fraction of sp³-hybridized carbons (Fsp3) is 0.278. The second-order valence-electron chi connectivity index (χ2n) is 5.63. The maximum Gasteiger partial charge on any atom is 0.243 e. The van der Waals surface area contributed by atoms with Gasteiger partial charge in [0.1, 0.15) is 5.82 Å². The summed E-state index contributed by atoms with van der Waals surface area (Å²) in [6.07, 6.45) is 5.56. The molecule has 2 N–H and O–H groups in total. The fourth-order valence-corrected chi connectivity index (χ4v) is 2.42. The first kappa shape index (κ1) is 17.7. The second kappa shape index (κ2) is 7.79. The van der Waals surface area contributed by atoms with Gasteiger partial charge < -0.3 is 10.4 Å². The van der Waals surface area contributed by atoms with E-state index in [1.165, 1.54) is 18.3 Å². The highest BCUT2D eigenvalue weighted by atomic mass is 19.1. The van der Waals surface area contributed by atoms with Crippen LogP contribution in [0.2, 0.25) is 0 Å². The van der Waals surface area contributed by atoms with Gasteiger partial charge in [-0.05, 0) is 31.9 Å². The van der Waals surface area contributed by atoms with Crippen molar-refractivity contribution < 1.29 is 9.50 Å². The van der Waals surface area contributed by atoms with Crippen molar-refractivity contribution in [2.45, 2.75) is 31.4 Å². The summed E-state index contributed by atoms with van der Waals surface area (Å²) in [5.74, 6) is -0.0869. The smallest absolute Gasteiger partial charge is 0.243 e. The van der Waals surface area contributed by atoms with E-state index in [0.29, 0.717) is 24.1 Å². The van der Waals surface area contributed by atoms with Gasteiger partial charge in [0.2, 0.25) is 5.95 Å². The molecule has 0 aliphatic carbocycles. The highest BCUT2D eigenvalue weighted by molar-refractivity contribution is 5.58. The normalized spacial score (nSPS) is 12.5. The van der Waals surface area contributed by atoms with Crippen LogP contribution in [0.25, 0.3) is 11.3 Å². The van der Waals surface area contributed by atoms with Gasteiger partial charge in [-0.1, -0.05) is 24.3 Å². The van der Waals surface area contributed by atoms with E-state index in [1.807, 2.05) is 6.92 Å². The van der Waals surface area contributed by atoms with Gasteiger partial charge in [0.25, 0.3) is 0 Å². The van der Waals surface area contributed by atoms with Crippen LogP contribution in [0.1, 0.15) is 19.8 Å². The fourth-order valence-electron chi connectivity index (χ4n) is 2.42. The van der Waals surface area contributed by atoms with Crippen LogP contribution in [0.3, 0.4) is 0 Å². The molecule has 24 heavy (non-hydrogen) atoms. The summed E-state index contributed by atoms with van der Waals surface area (Å²) in [6.45, 7) is 9.18. The molecule has 5 nitrogen and oxygen atoms in total. The molecule has 0 saturated carbocycles. The first-order valence-corrected chi connectivity index (χ1v) is 7.65. The van der Waals surface area contributed by atoms with Crippen LogP contribution in [0.15, 0.2) is 55.8 Å². The van der Waals surface area contributed by atoms with Gasteiger partial charge in [0.15, 0.2) is 0 Å². The van der Waals surface area contributed by atoms with Crippen LogP contribution >= 0.6 is 0 Å². The van der Waals surface area contributed by atoms with Crippen LogP contribution in [-0.2, 0) is 0 Å². The topological polar surface area (TPSA) is 70.9 Å². The molecular weight excluding hydrogens is 307 g/mol. The van der Waals surface area contributed by atoms with Gasteiger partial charge in [-0.25, -0.2) is 9.37 Å². The molecule has 1 aromatic carbocycles. The third-order valence-electron chi connectivity index (χ3n) is 3.83. The SMILES string of the molecule is C=CCC(O)(CC=C)C(C)Nc1nncc(-c2cccc(F)c2)n1. The Morgan fingerprint density at radius 2 is 2.04 bits per heavy atom. The van der Waals surface area contributed by atoms with Crippen LogP contribution in [0, 0.1) is 5.82 Å². The Hall–Kier alpha value is -2.60. The van der Waals surface area contributed by atoms with Crippen molar-refractivity contribution in [1.29, 1.82) is 0 Å². The maximum atomic E-state index is 13.4. The summed E-state index contributed by atoms with van der Waals surface area (Å²) in [5, 5.41) is 21.6. The Morgan fingerprint density at radius 3 is 2.67 bits per heavy atom. The van der Waals surface area contributed by atoms with Gasteiger partial charge >= 0.3 is 0 Å². The summed E-state index contributed by atoms with van der Waals surface area (Å²) in [5.41, 5.74) is 0.0464. The summed E-state index contributed by atoms with van der Waals surface area (Å²) < 4.78 is 13.4. The highest BCUT2D eigenvalue weighted by Crippen LogP contribution is 2.24. The minimum atomic E-state index is -1.05. The number of halogens is 1. The largest absolute Gasteiger partial charge is 0.387 e. The van der Waals surface area contributed by atoms with Crippen molar-refractivity contribution in [2.75, 3.05) is 5.32 Å². The Bertz CT molecular complexity index is 710.